The van der Waals surface area contributed by atoms with Gasteiger partial charge in [-0.15, -0.1) is 0 Å². The summed E-state index contributed by atoms with van der Waals surface area (Å²) in [6.45, 7) is 0.305. The van der Waals surface area contributed by atoms with Gasteiger partial charge in [-0.05, 0) is 35.9 Å². The van der Waals surface area contributed by atoms with Gasteiger partial charge in [0.2, 0.25) is 5.91 Å². The molecule has 3 N–H and O–H groups in total. The molecule has 0 aliphatic carbocycles. The van der Waals surface area contributed by atoms with Crippen molar-refractivity contribution in [3.05, 3.63) is 90.8 Å². The van der Waals surface area contributed by atoms with Gasteiger partial charge in [0.1, 0.15) is 6.04 Å². The zero-order valence-electron chi connectivity index (χ0n) is 15.7. The Morgan fingerprint density at radius 2 is 1.55 bits per heavy atom. The minimum Gasteiger partial charge on any atom is -0.480 e. The normalized spacial score (nSPS) is 11.4. The fourth-order valence-corrected chi connectivity index (χ4v) is 2.78. The quantitative estimate of drug-likeness (QED) is 0.487. The Morgan fingerprint density at radius 3 is 2.07 bits per heavy atom. The highest BCUT2D eigenvalue weighted by Crippen LogP contribution is 2.22. The highest BCUT2D eigenvalue weighted by Gasteiger charge is 2.22. The van der Waals surface area contributed by atoms with Crippen LogP contribution in [0.15, 0.2) is 85.2 Å². The third-order valence-corrected chi connectivity index (χ3v) is 4.23. The topological polar surface area (TPSA) is 94.6 Å². The Hall–Kier alpha value is -3.71. The number of anilines is 2. The third kappa shape index (κ3) is 5.88. The van der Waals surface area contributed by atoms with Crippen LogP contribution in [0.4, 0.5) is 11.4 Å². The molecule has 0 saturated heterocycles. The monoisotopic (exact) mass is 390 g/mol. The smallest absolute Gasteiger partial charge is 0.321 e. The van der Waals surface area contributed by atoms with E-state index < -0.39 is 17.9 Å². The molecule has 148 valence electrons. The molecule has 0 unspecified atom stereocenters. The van der Waals surface area contributed by atoms with Crippen molar-refractivity contribution >= 4 is 23.3 Å². The Kier molecular flexibility index (Phi) is 6.91. The van der Waals surface area contributed by atoms with E-state index in [0.717, 1.165) is 16.9 Å². The number of hydrazine groups is 1. The van der Waals surface area contributed by atoms with E-state index in [9.17, 15) is 14.7 Å². The molecule has 0 aliphatic rings. The highest BCUT2D eigenvalue weighted by atomic mass is 16.4. The van der Waals surface area contributed by atoms with Gasteiger partial charge in [-0.2, -0.15) is 0 Å². The fraction of sp³-hybridized carbons (Fsp3) is 0.136. The van der Waals surface area contributed by atoms with Gasteiger partial charge < -0.3 is 5.11 Å². The molecular weight excluding hydrogens is 368 g/mol. The summed E-state index contributed by atoms with van der Waals surface area (Å²) in [5.74, 6) is -1.50. The SMILES string of the molecule is O=C(C[C@H](NCc1cccnc1)C(=O)O)NN(c1ccccc1)c1ccccc1. The van der Waals surface area contributed by atoms with Crippen molar-refractivity contribution in [1.29, 1.82) is 0 Å². The predicted octanol–water partition coefficient (Wildman–Crippen LogP) is 2.88. The molecule has 1 amide bonds. The van der Waals surface area contributed by atoms with Crippen molar-refractivity contribution in [2.45, 2.75) is 19.0 Å². The number of rotatable bonds is 9. The van der Waals surface area contributed by atoms with Crippen LogP contribution in [0.25, 0.3) is 0 Å². The van der Waals surface area contributed by atoms with E-state index in [4.69, 9.17) is 0 Å². The Labute approximate surface area is 169 Å². The van der Waals surface area contributed by atoms with Crippen LogP contribution in [-0.4, -0.2) is 28.0 Å². The lowest BCUT2D eigenvalue weighted by Crippen LogP contribution is -2.45. The first kappa shape index (κ1) is 20.0. The van der Waals surface area contributed by atoms with E-state index in [0.29, 0.717) is 6.54 Å². The van der Waals surface area contributed by atoms with E-state index in [-0.39, 0.29) is 6.42 Å². The number of pyridine rings is 1. The summed E-state index contributed by atoms with van der Waals surface area (Å²) in [5.41, 5.74) is 5.19. The van der Waals surface area contributed by atoms with Crippen molar-refractivity contribution in [1.82, 2.24) is 15.7 Å². The second-order valence-corrected chi connectivity index (χ2v) is 6.38. The molecule has 1 heterocycles. The Balaban J connectivity index is 1.68. The zero-order valence-corrected chi connectivity index (χ0v) is 15.7. The number of nitrogens with one attached hydrogen (secondary N) is 2. The largest absolute Gasteiger partial charge is 0.480 e. The lowest BCUT2D eigenvalue weighted by atomic mass is 10.2. The summed E-state index contributed by atoms with van der Waals surface area (Å²) in [7, 11) is 0. The summed E-state index contributed by atoms with van der Waals surface area (Å²) in [5, 5.41) is 14.0. The van der Waals surface area contributed by atoms with Gasteiger partial charge in [-0.25, -0.2) is 0 Å². The molecule has 0 bridgehead atoms. The van der Waals surface area contributed by atoms with Crippen molar-refractivity contribution in [3.63, 3.8) is 0 Å². The molecule has 1 aromatic heterocycles. The van der Waals surface area contributed by atoms with E-state index in [1.165, 1.54) is 0 Å². The van der Waals surface area contributed by atoms with Crippen LogP contribution in [0.3, 0.4) is 0 Å². The number of carboxylic acid groups (broad SMARTS) is 1. The Morgan fingerprint density at radius 1 is 0.931 bits per heavy atom. The molecule has 0 radical (unpaired) electrons. The molecular formula is C22H22N4O3. The van der Waals surface area contributed by atoms with Crippen molar-refractivity contribution in [2.24, 2.45) is 0 Å². The molecule has 3 rings (SSSR count). The minimum absolute atomic E-state index is 0.217. The number of hydrogen-bond acceptors (Lipinski definition) is 5. The number of amides is 1. The van der Waals surface area contributed by atoms with Gasteiger partial charge in [0.25, 0.3) is 0 Å². The first-order valence-corrected chi connectivity index (χ1v) is 9.18. The highest BCUT2D eigenvalue weighted by molar-refractivity contribution is 5.86. The number of hydrogen-bond donors (Lipinski definition) is 3. The molecule has 7 nitrogen and oxygen atoms in total. The number of carboxylic acids is 1. The van der Waals surface area contributed by atoms with E-state index in [1.807, 2.05) is 66.7 Å². The van der Waals surface area contributed by atoms with Crippen LogP contribution < -0.4 is 15.8 Å². The van der Waals surface area contributed by atoms with Crippen molar-refractivity contribution < 1.29 is 14.7 Å². The van der Waals surface area contributed by atoms with Gasteiger partial charge in [-0.3, -0.25) is 30.3 Å². The molecule has 7 heteroatoms. The van der Waals surface area contributed by atoms with Crippen molar-refractivity contribution in [2.75, 3.05) is 5.01 Å². The third-order valence-electron chi connectivity index (χ3n) is 4.23. The Bertz CT molecular complexity index is 881. The fourth-order valence-electron chi connectivity index (χ4n) is 2.78. The average Bonchev–Trinajstić information content (AvgIpc) is 2.76. The average molecular weight is 390 g/mol. The second kappa shape index (κ2) is 10.0. The van der Waals surface area contributed by atoms with Gasteiger partial charge in [0.15, 0.2) is 0 Å². The van der Waals surface area contributed by atoms with E-state index in [1.54, 1.807) is 23.5 Å². The lowest BCUT2D eigenvalue weighted by Gasteiger charge is -2.26. The molecule has 1 atom stereocenters. The second-order valence-electron chi connectivity index (χ2n) is 6.38. The van der Waals surface area contributed by atoms with Crippen molar-refractivity contribution in [3.8, 4) is 0 Å². The van der Waals surface area contributed by atoms with Crippen LogP contribution in [0.1, 0.15) is 12.0 Å². The molecule has 0 fully saturated rings. The standard InChI is InChI=1S/C22H22N4O3/c27-21(14-20(22(28)29)24-16-17-8-7-13-23-15-17)25-26(18-9-3-1-4-10-18)19-11-5-2-6-12-19/h1-13,15,20,24H,14,16H2,(H,25,27)(H,28,29)/t20-/m0/s1. The molecule has 0 aliphatic heterocycles. The summed E-state index contributed by atoms with van der Waals surface area (Å²) >= 11 is 0. The maximum Gasteiger partial charge on any atom is 0.321 e. The summed E-state index contributed by atoms with van der Waals surface area (Å²) in [6, 6.07) is 21.3. The maximum absolute atomic E-state index is 12.7. The van der Waals surface area contributed by atoms with Crippen LogP contribution in [0, 0.1) is 0 Å². The summed E-state index contributed by atoms with van der Waals surface area (Å²) in [6.07, 6.45) is 3.08. The molecule has 3 aromatic rings. The summed E-state index contributed by atoms with van der Waals surface area (Å²) in [4.78, 5) is 28.3. The number of aromatic nitrogens is 1. The van der Waals surface area contributed by atoms with Crippen LogP contribution in [0.5, 0.6) is 0 Å². The lowest BCUT2D eigenvalue weighted by molar-refractivity contribution is -0.141. The zero-order chi connectivity index (χ0) is 20.5. The van der Waals surface area contributed by atoms with E-state index in [2.05, 4.69) is 15.7 Å². The molecule has 29 heavy (non-hydrogen) atoms. The molecule has 2 aromatic carbocycles. The van der Waals surface area contributed by atoms with Crippen LogP contribution in [-0.2, 0) is 16.1 Å². The first-order chi connectivity index (χ1) is 14.1. The number of para-hydroxylation sites is 2. The number of benzene rings is 2. The van der Waals surface area contributed by atoms with Gasteiger partial charge in [-0.1, -0.05) is 42.5 Å². The summed E-state index contributed by atoms with van der Waals surface area (Å²) < 4.78 is 0. The predicted molar refractivity (Wildman–Crippen MR) is 110 cm³/mol. The van der Waals surface area contributed by atoms with Crippen LogP contribution in [0.2, 0.25) is 0 Å². The minimum atomic E-state index is -1.09. The number of nitrogens with zero attached hydrogens (tertiary/aromatic N) is 2. The number of aliphatic carboxylic acids is 1. The van der Waals surface area contributed by atoms with E-state index >= 15 is 0 Å². The first-order valence-electron chi connectivity index (χ1n) is 9.18. The number of carbonyl (C=O) groups excluding carboxylic acids is 1. The maximum atomic E-state index is 12.7. The number of carbonyl (C=O) groups is 2. The molecule has 0 spiro atoms. The van der Waals surface area contributed by atoms with Gasteiger partial charge in [0, 0.05) is 18.9 Å². The molecule has 0 saturated carbocycles. The van der Waals surface area contributed by atoms with Crippen LogP contribution >= 0.6 is 0 Å². The van der Waals surface area contributed by atoms with Gasteiger partial charge in [0.05, 0.1) is 17.8 Å². The van der Waals surface area contributed by atoms with Gasteiger partial charge >= 0.3 is 5.97 Å².